The molecule has 0 aliphatic carbocycles. The van der Waals surface area contributed by atoms with Crippen LogP contribution in [-0.2, 0) is 11.3 Å². The first kappa shape index (κ1) is 11.7. The van der Waals surface area contributed by atoms with Crippen molar-refractivity contribution in [3.8, 4) is 0 Å². The molecule has 0 aliphatic heterocycles. The molecule has 1 unspecified atom stereocenters. The van der Waals surface area contributed by atoms with Crippen LogP contribution in [-0.4, -0.2) is 19.0 Å². The SMILES string of the molecule is CNC(C)C(=O)NCc1ccc(F)cc1. The predicted octanol–water partition coefficient (Wildman–Crippen LogP) is 1.05. The predicted molar refractivity (Wildman–Crippen MR) is 56.8 cm³/mol. The summed E-state index contributed by atoms with van der Waals surface area (Å²) in [5.74, 6) is -0.338. The number of likely N-dealkylation sites (N-methyl/N-ethyl adjacent to an activating group) is 1. The van der Waals surface area contributed by atoms with Gasteiger partial charge in [0.2, 0.25) is 5.91 Å². The highest BCUT2D eigenvalue weighted by atomic mass is 19.1. The lowest BCUT2D eigenvalue weighted by Gasteiger charge is -2.10. The average Bonchev–Trinajstić information content (AvgIpc) is 2.26. The second-order valence-corrected chi connectivity index (χ2v) is 3.35. The number of carbonyl (C=O) groups is 1. The summed E-state index contributed by atoms with van der Waals surface area (Å²) < 4.78 is 12.6. The zero-order chi connectivity index (χ0) is 11.3. The van der Waals surface area contributed by atoms with Gasteiger partial charge in [0.25, 0.3) is 0 Å². The third-order valence-electron chi connectivity index (χ3n) is 2.21. The van der Waals surface area contributed by atoms with Crippen LogP contribution in [0.1, 0.15) is 12.5 Å². The summed E-state index contributed by atoms with van der Waals surface area (Å²) in [5.41, 5.74) is 0.882. The van der Waals surface area contributed by atoms with Crippen LogP contribution in [0.4, 0.5) is 4.39 Å². The second kappa shape index (κ2) is 5.46. The summed E-state index contributed by atoms with van der Waals surface area (Å²) >= 11 is 0. The summed E-state index contributed by atoms with van der Waals surface area (Å²) in [7, 11) is 1.72. The molecule has 1 aromatic rings. The van der Waals surface area contributed by atoms with Crippen LogP contribution in [0.3, 0.4) is 0 Å². The van der Waals surface area contributed by atoms with Crippen LogP contribution in [0.2, 0.25) is 0 Å². The van der Waals surface area contributed by atoms with Gasteiger partial charge >= 0.3 is 0 Å². The van der Waals surface area contributed by atoms with Crippen LogP contribution < -0.4 is 10.6 Å². The van der Waals surface area contributed by atoms with Gasteiger partial charge in [-0.2, -0.15) is 0 Å². The van der Waals surface area contributed by atoms with Gasteiger partial charge in [-0.3, -0.25) is 4.79 Å². The molecule has 0 radical (unpaired) electrons. The number of hydrogen-bond donors (Lipinski definition) is 2. The van der Waals surface area contributed by atoms with E-state index in [-0.39, 0.29) is 17.8 Å². The molecule has 1 rings (SSSR count). The van der Waals surface area contributed by atoms with Crippen LogP contribution in [0.15, 0.2) is 24.3 Å². The molecule has 1 atom stereocenters. The first-order chi connectivity index (χ1) is 7.13. The van der Waals surface area contributed by atoms with Gasteiger partial charge in [-0.15, -0.1) is 0 Å². The number of benzene rings is 1. The van der Waals surface area contributed by atoms with Gasteiger partial charge in [-0.1, -0.05) is 12.1 Å². The molecule has 1 aromatic carbocycles. The zero-order valence-corrected chi connectivity index (χ0v) is 8.88. The molecule has 1 amide bonds. The quantitative estimate of drug-likeness (QED) is 0.780. The average molecular weight is 210 g/mol. The number of halogens is 1. The maximum atomic E-state index is 12.6. The van der Waals surface area contributed by atoms with Gasteiger partial charge in [0, 0.05) is 6.54 Å². The van der Waals surface area contributed by atoms with Crippen LogP contribution in [0, 0.1) is 5.82 Å². The molecule has 0 saturated carbocycles. The smallest absolute Gasteiger partial charge is 0.237 e. The molecule has 0 spiro atoms. The van der Waals surface area contributed by atoms with E-state index in [9.17, 15) is 9.18 Å². The molecule has 3 nitrogen and oxygen atoms in total. The van der Waals surface area contributed by atoms with Gasteiger partial charge < -0.3 is 10.6 Å². The van der Waals surface area contributed by atoms with Crippen molar-refractivity contribution in [2.75, 3.05) is 7.05 Å². The first-order valence-corrected chi connectivity index (χ1v) is 4.83. The summed E-state index contributed by atoms with van der Waals surface area (Å²) in [6.07, 6.45) is 0. The number of rotatable bonds is 4. The Kier molecular flexibility index (Phi) is 4.24. The minimum Gasteiger partial charge on any atom is -0.351 e. The number of carbonyl (C=O) groups excluding carboxylic acids is 1. The van der Waals surface area contributed by atoms with E-state index in [0.29, 0.717) is 6.54 Å². The fourth-order valence-electron chi connectivity index (χ4n) is 1.08. The van der Waals surface area contributed by atoms with Crippen molar-refractivity contribution in [3.63, 3.8) is 0 Å². The topological polar surface area (TPSA) is 41.1 Å². The summed E-state index contributed by atoms with van der Waals surface area (Å²) in [6.45, 7) is 2.20. The summed E-state index contributed by atoms with van der Waals surface area (Å²) in [5, 5.41) is 5.58. The fraction of sp³-hybridized carbons (Fsp3) is 0.364. The highest BCUT2D eigenvalue weighted by molar-refractivity contribution is 5.81. The molecule has 82 valence electrons. The minimum absolute atomic E-state index is 0.0678. The standard InChI is InChI=1S/C11H15FN2O/c1-8(13-2)11(15)14-7-9-3-5-10(12)6-4-9/h3-6,8,13H,7H2,1-2H3,(H,14,15). The molecule has 0 aliphatic rings. The molecule has 4 heteroatoms. The molecular weight excluding hydrogens is 195 g/mol. The molecule has 0 heterocycles. The van der Waals surface area contributed by atoms with Crippen molar-refractivity contribution in [2.24, 2.45) is 0 Å². The zero-order valence-electron chi connectivity index (χ0n) is 8.88. The summed E-state index contributed by atoms with van der Waals surface area (Å²) in [6, 6.07) is 5.84. The van der Waals surface area contributed by atoms with Gasteiger partial charge in [0.1, 0.15) is 5.82 Å². The third kappa shape index (κ3) is 3.67. The van der Waals surface area contributed by atoms with Crippen molar-refractivity contribution >= 4 is 5.91 Å². The van der Waals surface area contributed by atoms with Crippen LogP contribution in [0.5, 0.6) is 0 Å². The Morgan fingerprint density at radius 3 is 2.53 bits per heavy atom. The van der Waals surface area contributed by atoms with E-state index >= 15 is 0 Å². The molecular formula is C11H15FN2O. The second-order valence-electron chi connectivity index (χ2n) is 3.35. The number of nitrogens with one attached hydrogen (secondary N) is 2. The van der Waals surface area contributed by atoms with Gasteiger partial charge in [0.05, 0.1) is 6.04 Å². The molecule has 0 bridgehead atoms. The van der Waals surface area contributed by atoms with Crippen molar-refractivity contribution < 1.29 is 9.18 Å². The van der Waals surface area contributed by atoms with E-state index < -0.39 is 0 Å². The highest BCUT2D eigenvalue weighted by Gasteiger charge is 2.08. The fourth-order valence-corrected chi connectivity index (χ4v) is 1.08. The maximum Gasteiger partial charge on any atom is 0.237 e. The molecule has 2 N–H and O–H groups in total. The normalized spacial score (nSPS) is 12.2. The first-order valence-electron chi connectivity index (χ1n) is 4.83. The third-order valence-corrected chi connectivity index (χ3v) is 2.21. The van der Waals surface area contributed by atoms with E-state index in [1.165, 1.54) is 12.1 Å². The maximum absolute atomic E-state index is 12.6. The van der Waals surface area contributed by atoms with E-state index in [0.717, 1.165) is 5.56 Å². The van der Waals surface area contributed by atoms with Gasteiger partial charge in [-0.25, -0.2) is 4.39 Å². The van der Waals surface area contributed by atoms with Crippen molar-refractivity contribution in [3.05, 3.63) is 35.6 Å². The van der Waals surface area contributed by atoms with E-state index in [1.807, 2.05) is 0 Å². The Balaban J connectivity index is 2.43. The lowest BCUT2D eigenvalue weighted by molar-refractivity contribution is -0.122. The minimum atomic E-state index is -0.270. The lowest BCUT2D eigenvalue weighted by atomic mass is 10.2. The molecule has 0 fully saturated rings. The number of hydrogen-bond acceptors (Lipinski definition) is 2. The van der Waals surface area contributed by atoms with E-state index in [2.05, 4.69) is 10.6 Å². The molecule has 0 saturated heterocycles. The van der Waals surface area contributed by atoms with E-state index in [1.54, 1.807) is 26.1 Å². The van der Waals surface area contributed by atoms with Crippen LogP contribution >= 0.6 is 0 Å². The van der Waals surface area contributed by atoms with Crippen molar-refractivity contribution in [1.82, 2.24) is 10.6 Å². The summed E-state index contributed by atoms with van der Waals surface area (Å²) in [4.78, 5) is 11.4. The molecule has 15 heavy (non-hydrogen) atoms. The van der Waals surface area contributed by atoms with Gasteiger partial charge in [-0.05, 0) is 31.7 Å². The van der Waals surface area contributed by atoms with Crippen molar-refractivity contribution in [1.29, 1.82) is 0 Å². The Labute approximate surface area is 88.7 Å². The Morgan fingerprint density at radius 2 is 2.00 bits per heavy atom. The lowest BCUT2D eigenvalue weighted by Crippen LogP contribution is -2.39. The Morgan fingerprint density at radius 1 is 1.40 bits per heavy atom. The number of amides is 1. The van der Waals surface area contributed by atoms with Crippen molar-refractivity contribution in [2.45, 2.75) is 19.5 Å². The molecule has 0 aromatic heterocycles. The monoisotopic (exact) mass is 210 g/mol. The largest absolute Gasteiger partial charge is 0.351 e. The highest BCUT2D eigenvalue weighted by Crippen LogP contribution is 2.01. The Bertz CT molecular complexity index is 324. The Hall–Kier alpha value is -1.42. The van der Waals surface area contributed by atoms with E-state index in [4.69, 9.17) is 0 Å². The van der Waals surface area contributed by atoms with Gasteiger partial charge in [0.15, 0.2) is 0 Å². The van der Waals surface area contributed by atoms with Crippen LogP contribution in [0.25, 0.3) is 0 Å².